The lowest BCUT2D eigenvalue weighted by molar-refractivity contribution is 0.0668. The highest BCUT2D eigenvalue weighted by Crippen LogP contribution is 2.05. The van der Waals surface area contributed by atoms with Crippen LogP contribution in [0.1, 0.15) is 0 Å². The molecule has 0 radical (unpaired) electrons. The predicted octanol–water partition coefficient (Wildman–Crippen LogP) is 0.507. The first-order chi connectivity index (χ1) is 6.29. The number of rotatable bonds is 2. The predicted molar refractivity (Wildman–Crippen MR) is 51.9 cm³/mol. The molecule has 0 unspecified atom stereocenters. The number of morpholine rings is 1. The minimum Gasteiger partial charge on any atom is -0.494 e. The molecule has 4 nitrogen and oxygen atoms in total. The van der Waals surface area contributed by atoms with Crippen molar-refractivity contribution in [1.29, 1.82) is 0 Å². The summed E-state index contributed by atoms with van der Waals surface area (Å²) in [5.41, 5.74) is 0. The quantitative estimate of drug-likeness (QED) is 0.356. The molecule has 1 rings (SSSR count). The van der Waals surface area contributed by atoms with Gasteiger partial charge in [0.2, 0.25) is 0 Å². The lowest BCUT2D eigenvalue weighted by Gasteiger charge is -2.29. The van der Waals surface area contributed by atoms with E-state index in [0.717, 1.165) is 32.1 Å². The Morgan fingerprint density at radius 2 is 2.08 bits per heavy atom. The van der Waals surface area contributed by atoms with Crippen LogP contribution in [0.5, 0.6) is 0 Å². The zero-order valence-electron chi connectivity index (χ0n) is 8.25. The SMILES string of the molecule is C=C(OC)C(=NC)N1CCOCC1. The molecule has 0 amide bonds. The molecule has 0 atom stereocenters. The largest absolute Gasteiger partial charge is 0.494 e. The molecule has 1 aliphatic rings. The highest BCUT2D eigenvalue weighted by atomic mass is 16.5. The second kappa shape index (κ2) is 4.87. The lowest BCUT2D eigenvalue weighted by atomic mass is 10.3. The average molecular weight is 184 g/mol. The minimum atomic E-state index is 0.615. The Bertz CT molecular complexity index is 208. The molecular formula is C9H16N2O2. The minimum absolute atomic E-state index is 0.615. The van der Waals surface area contributed by atoms with Gasteiger partial charge in [-0.25, -0.2) is 0 Å². The van der Waals surface area contributed by atoms with Crippen molar-refractivity contribution in [3.8, 4) is 0 Å². The maximum absolute atomic E-state index is 5.24. The van der Waals surface area contributed by atoms with E-state index in [1.165, 1.54) is 0 Å². The van der Waals surface area contributed by atoms with Crippen LogP contribution in [0.15, 0.2) is 17.3 Å². The summed E-state index contributed by atoms with van der Waals surface area (Å²) >= 11 is 0. The molecule has 74 valence electrons. The Morgan fingerprint density at radius 3 is 2.54 bits per heavy atom. The van der Waals surface area contributed by atoms with Gasteiger partial charge >= 0.3 is 0 Å². The van der Waals surface area contributed by atoms with Crippen LogP contribution >= 0.6 is 0 Å². The van der Waals surface area contributed by atoms with Crippen LogP contribution in [0.4, 0.5) is 0 Å². The van der Waals surface area contributed by atoms with Gasteiger partial charge in [-0.05, 0) is 0 Å². The van der Waals surface area contributed by atoms with E-state index in [0.29, 0.717) is 5.76 Å². The standard InChI is InChI=1S/C9H16N2O2/c1-8(12-3)9(10-2)11-4-6-13-7-5-11/h1,4-7H2,2-3H3. The third-order valence-electron chi connectivity index (χ3n) is 2.02. The van der Waals surface area contributed by atoms with Crippen LogP contribution in [0.3, 0.4) is 0 Å². The second-order valence-electron chi connectivity index (χ2n) is 2.77. The smallest absolute Gasteiger partial charge is 0.166 e. The van der Waals surface area contributed by atoms with Crippen LogP contribution < -0.4 is 0 Å². The summed E-state index contributed by atoms with van der Waals surface area (Å²) in [6, 6.07) is 0. The highest BCUT2D eigenvalue weighted by molar-refractivity contribution is 5.95. The molecule has 1 aliphatic heterocycles. The second-order valence-corrected chi connectivity index (χ2v) is 2.77. The molecule has 13 heavy (non-hydrogen) atoms. The zero-order chi connectivity index (χ0) is 9.68. The molecule has 0 saturated carbocycles. The summed E-state index contributed by atoms with van der Waals surface area (Å²) in [5, 5.41) is 0. The fraction of sp³-hybridized carbons (Fsp3) is 0.667. The van der Waals surface area contributed by atoms with Gasteiger partial charge in [-0.2, -0.15) is 0 Å². The monoisotopic (exact) mass is 184 g/mol. The maximum Gasteiger partial charge on any atom is 0.166 e. The molecule has 1 fully saturated rings. The molecule has 1 heterocycles. The number of methoxy groups -OCH3 is 1. The molecular weight excluding hydrogens is 168 g/mol. The maximum atomic E-state index is 5.24. The van der Waals surface area contributed by atoms with Gasteiger partial charge < -0.3 is 14.4 Å². The first-order valence-corrected chi connectivity index (χ1v) is 4.32. The highest BCUT2D eigenvalue weighted by Gasteiger charge is 2.16. The molecule has 0 aliphatic carbocycles. The summed E-state index contributed by atoms with van der Waals surface area (Å²) in [6.45, 7) is 6.99. The van der Waals surface area contributed by atoms with Crippen LogP contribution in [0.25, 0.3) is 0 Å². The Morgan fingerprint density at radius 1 is 1.46 bits per heavy atom. The average Bonchev–Trinajstić information content (AvgIpc) is 2.20. The summed E-state index contributed by atoms with van der Waals surface area (Å²) in [6.07, 6.45) is 0. The Kier molecular flexibility index (Phi) is 3.76. The van der Waals surface area contributed by atoms with Crippen molar-refractivity contribution >= 4 is 5.84 Å². The van der Waals surface area contributed by atoms with Gasteiger partial charge in [0.1, 0.15) is 0 Å². The molecule has 0 aromatic heterocycles. The molecule has 4 heteroatoms. The molecule has 0 aromatic rings. The molecule has 0 aromatic carbocycles. The van der Waals surface area contributed by atoms with Crippen LogP contribution in [0, 0.1) is 0 Å². The molecule has 1 saturated heterocycles. The summed E-state index contributed by atoms with van der Waals surface area (Å²) in [5.74, 6) is 1.44. The van der Waals surface area contributed by atoms with Crippen molar-refractivity contribution < 1.29 is 9.47 Å². The number of ether oxygens (including phenoxy) is 2. The van der Waals surface area contributed by atoms with Crippen molar-refractivity contribution in [2.75, 3.05) is 40.5 Å². The van der Waals surface area contributed by atoms with E-state index in [4.69, 9.17) is 9.47 Å². The first kappa shape index (κ1) is 10.1. The zero-order valence-corrected chi connectivity index (χ0v) is 8.25. The van der Waals surface area contributed by atoms with Crippen molar-refractivity contribution in [1.82, 2.24) is 4.90 Å². The number of hydrogen-bond donors (Lipinski definition) is 0. The van der Waals surface area contributed by atoms with E-state index < -0.39 is 0 Å². The van der Waals surface area contributed by atoms with Gasteiger partial charge in [-0.1, -0.05) is 6.58 Å². The topological polar surface area (TPSA) is 34.1 Å². The van der Waals surface area contributed by atoms with E-state index >= 15 is 0 Å². The lowest BCUT2D eigenvalue weighted by Crippen LogP contribution is -2.41. The molecule has 0 bridgehead atoms. The van der Waals surface area contributed by atoms with Gasteiger partial charge in [0.15, 0.2) is 11.6 Å². The fourth-order valence-electron chi connectivity index (χ4n) is 1.31. The third kappa shape index (κ3) is 2.45. The van der Waals surface area contributed by atoms with Gasteiger partial charge in [-0.3, -0.25) is 4.99 Å². The van der Waals surface area contributed by atoms with Crippen molar-refractivity contribution in [2.24, 2.45) is 4.99 Å². The van der Waals surface area contributed by atoms with Gasteiger partial charge in [-0.15, -0.1) is 0 Å². The fourth-order valence-corrected chi connectivity index (χ4v) is 1.31. The Labute approximate surface area is 78.8 Å². The van der Waals surface area contributed by atoms with Gasteiger partial charge in [0.05, 0.1) is 20.3 Å². The van der Waals surface area contributed by atoms with Crippen LogP contribution in [-0.2, 0) is 9.47 Å². The van der Waals surface area contributed by atoms with E-state index in [1.807, 2.05) is 0 Å². The number of amidine groups is 1. The van der Waals surface area contributed by atoms with Crippen molar-refractivity contribution in [3.05, 3.63) is 12.3 Å². The molecule has 0 N–H and O–H groups in total. The Hall–Kier alpha value is -1.03. The van der Waals surface area contributed by atoms with Crippen molar-refractivity contribution in [3.63, 3.8) is 0 Å². The van der Waals surface area contributed by atoms with Crippen molar-refractivity contribution in [2.45, 2.75) is 0 Å². The van der Waals surface area contributed by atoms with Crippen LogP contribution in [-0.4, -0.2) is 51.2 Å². The summed E-state index contributed by atoms with van der Waals surface area (Å²) < 4.78 is 10.3. The number of hydrogen-bond acceptors (Lipinski definition) is 3. The third-order valence-corrected chi connectivity index (χ3v) is 2.02. The van der Waals surface area contributed by atoms with E-state index in [2.05, 4.69) is 16.5 Å². The van der Waals surface area contributed by atoms with E-state index in [1.54, 1.807) is 14.2 Å². The number of nitrogens with zero attached hydrogens (tertiary/aromatic N) is 2. The van der Waals surface area contributed by atoms with Gasteiger partial charge in [0.25, 0.3) is 0 Å². The molecule has 0 spiro atoms. The Balaban J connectivity index is 2.60. The normalized spacial score (nSPS) is 18.6. The first-order valence-electron chi connectivity index (χ1n) is 4.32. The van der Waals surface area contributed by atoms with E-state index in [9.17, 15) is 0 Å². The number of aliphatic imine (C=N–C) groups is 1. The van der Waals surface area contributed by atoms with E-state index in [-0.39, 0.29) is 0 Å². The van der Waals surface area contributed by atoms with Crippen LogP contribution in [0.2, 0.25) is 0 Å². The summed E-state index contributed by atoms with van der Waals surface area (Å²) in [7, 11) is 3.35. The summed E-state index contributed by atoms with van der Waals surface area (Å²) in [4.78, 5) is 6.27. The van der Waals surface area contributed by atoms with Gasteiger partial charge in [0, 0.05) is 20.1 Å².